The van der Waals surface area contributed by atoms with Gasteiger partial charge in [-0.25, -0.2) is 0 Å². The maximum absolute atomic E-state index is 12.1. The average molecular weight is 556 g/mol. The molecular weight excluding hydrogens is 506 g/mol. The van der Waals surface area contributed by atoms with Crippen LogP contribution in [0.15, 0.2) is 71.8 Å². The van der Waals surface area contributed by atoms with Crippen molar-refractivity contribution in [3.05, 3.63) is 88.5 Å². The summed E-state index contributed by atoms with van der Waals surface area (Å²) in [7, 11) is 0. The first-order chi connectivity index (χ1) is 19.9. The molecule has 4 aliphatic rings. The minimum atomic E-state index is -0.696. The monoisotopic (exact) mass is 555 g/mol. The molecular formula is C37H49NO3. The summed E-state index contributed by atoms with van der Waals surface area (Å²) in [5.74, 6) is 0.503. The predicted octanol–water partition coefficient (Wildman–Crippen LogP) is 8.27. The summed E-state index contributed by atoms with van der Waals surface area (Å²) in [5.41, 5.74) is 12.5. The number of phenolic OH excluding ortho intramolecular Hbond substituents is 1. The third-order valence-electron chi connectivity index (χ3n) is 10.3. The van der Waals surface area contributed by atoms with Gasteiger partial charge in [-0.15, -0.1) is 0 Å². The molecule has 0 amide bonds. The van der Waals surface area contributed by atoms with Crippen molar-refractivity contribution in [2.45, 2.75) is 102 Å². The summed E-state index contributed by atoms with van der Waals surface area (Å²) < 4.78 is 0. The minimum absolute atomic E-state index is 0.0170. The van der Waals surface area contributed by atoms with E-state index in [-0.39, 0.29) is 11.3 Å². The number of rotatable bonds is 11. The molecule has 41 heavy (non-hydrogen) atoms. The normalized spacial score (nSPS) is 26.1. The Hall–Kier alpha value is -2.85. The van der Waals surface area contributed by atoms with Crippen LogP contribution in [-0.2, 0) is 23.1 Å². The van der Waals surface area contributed by atoms with Gasteiger partial charge in [-0.3, -0.25) is 4.79 Å². The van der Waals surface area contributed by atoms with Gasteiger partial charge in [0.2, 0.25) is 0 Å². The van der Waals surface area contributed by atoms with Crippen molar-refractivity contribution < 1.29 is 15.0 Å². The number of phenols is 1. The van der Waals surface area contributed by atoms with Crippen molar-refractivity contribution in [1.29, 1.82) is 0 Å². The highest BCUT2D eigenvalue weighted by atomic mass is 16.4. The number of hydrogen-bond donors (Lipinski definition) is 3. The molecule has 220 valence electrons. The van der Waals surface area contributed by atoms with Crippen molar-refractivity contribution >= 4 is 5.97 Å². The van der Waals surface area contributed by atoms with Crippen LogP contribution in [0, 0.1) is 17.8 Å². The van der Waals surface area contributed by atoms with E-state index in [1.54, 1.807) is 5.57 Å². The Morgan fingerprint density at radius 2 is 1.73 bits per heavy atom. The minimum Gasteiger partial charge on any atom is -0.508 e. The maximum atomic E-state index is 12.1. The molecule has 6 rings (SSSR count). The summed E-state index contributed by atoms with van der Waals surface area (Å²) in [4.78, 5) is 12.1. The molecule has 4 N–H and O–H groups in total. The number of benzene rings is 2. The van der Waals surface area contributed by atoms with Crippen molar-refractivity contribution in [2.75, 3.05) is 6.54 Å². The SMILES string of the molecule is NCCC1=CC(CCCCCCC2CC3=CCC(C(=O)O)Cc4cccc(c4)CC2(c2ccc(O)cc2)CC3)CC1. The van der Waals surface area contributed by atoms with Crippen LogP contribution in [0.4, 0.5) is 0 Å². The molecule has 2 aromatic carbocycles. The second-order valence-electron chi connectivity index (χ2n) is 13.1. The molecule has 0 aliphatic heterocycles. The van der Waals surface area contributed by atoms with Gasteiger partial charge in [0, 0.05) is 5.41 Å². The third kappa shape index (κ3) is 7.52. The molecule has 2 aromatic rings. The topological polar surface area (TPSA) is 83.6 Å². The predicted molar refractivity (Wildman–Crippen MR) is 167 cm³/mol. The van der Waals surface area contributed by atoms with E-state index in [9.17, 15) is 15.0 Å². The molecule has 4 heteroatoms. The summed E-state index contributed by atoms with van der Waals surface area (Å²) in [6.07, 6.45) is 21.3. The van der Waals surface area contributed by atoms with Crippen LogP contribution in [0.5, 0.6) is 5.75 Å². The zero-order valence-corrected chi connectivity index (χ0v) is 24.7. The molecule has 4 bridgehead atoms. The van der Waals surface area contributed by atoms with E-state index in [1.807, 2.05) is 12.1 Å². The van der Waals surface area contributed by atoms with Gasteiger partial charge in [-0.2, -0.15) is 0 Å². The van der Waals surface area contributed by atoms with Gasteiger partial charge < -0.3 is 15.9 Å². The van der Waals surface area contributed by atoms with Gasteiger partial charge in [0.25, 0.3) is 0 Å². The van der Waals surface area contributed by atoms with Gasteiger partial charge in [0.1, 0.15) is 5.75 Å². The lowest BCUT2D eigenvalue weighted by Crippen LogP contribution is -2.41. The Balaban J connectivity index is 1.32. The molecule has 1 saturated carbocycles. The Morgan fingerprint density at radius 1 is 0.951 bits per heavy atom. The van der Waals surface area contributed by atoms with Crippen molar-refractivity contribution in [3.8, 4) is 5.75 Å². The molecule has 0 heterocycles. The molecule has 0 saturated heterocycles. The van der Waals surface area contributed by atoms with Crippen molar-refractivity contribution in [2.24, 2.45) is 23.5 Å². The Bertz CT molecular complexity index is 1230. The molecule has 4 atom stereocenters. The molecule has 1 fully saturated rings. The summed E-state index contributed by atoms with van der Waals surface area (Å²) >= 11 is 0. The number of unbranched alkanes of at least 4 members (excludes halogenated alkanes) is 3. The number of carboxylic acids is 1. The van der Waals surface area contributed by atoms with E-state index in [4.69, 9.17) is 5.73 Å². The highest BCUT2D eigenvalue weighted by Gasteiger charge is 2.43. The fourth-order valence-electron chi connectivity index (χ4n) is 8.01. The number of hydrogen-bond acceptors (Lipinski definition) is 3. The number of nitrogens with two attached hydrogens (primary N) is 1. The van der Waals surface area contributed by atoms with E-state index < -0.39 is 5.97 Å². The van der Waals surface area contributed by atoms with E-state index in [0.29, 0.717) is 24.5 Å². The number of aliphatic carboxylic acids is 1. The highest BCUT2D eigenvalue weighted by molar-refractivity contribution is 5.70. The quantitative estimate of drug-likeness (QED) is 0.192. The van der Waals surface area contributed by atoms with Crippen LogP contribution in [0.2, 0.25) is 0 Å². The summed E-state index contributed by atoms with van der Waals surface area (Å²) in [6, 6.07) is 16.7. The molecule has 0 radical (unpaired) electrons. The maximum Gasteiger partial charge on any atom is 0.307 e. The number of fused-ring (bicyclic) bond motifs is 5. The standard InChI is InChI=1S/C37H49NO3/c38-21-19-29-11-10-27(22-29)6-3-1-2-4-9-34-25-28-12-13-32(36(40)41)24-30-7-5-8-31(23-30)26-37(34,20-18-28)33-14-16-35(39)17-15-33/h5,7-8,12,14-17,22-23,27,32,34,39H,1-4,6,9-11,13,18-21,24-26,38H2,(H,40,41). The lowest BCUT2D eigenvalue weighted by atomic mass is 9.57. The van der Waals surface area contributed by atoms with E-state index in [1.165, 1.54) is 68.1 Å². The van der Waals surface area contributed by atoms with E-state index in [0.717, 1.165) is 50.1 Å². The molecule has 4 unspecified atom stereocenters. The molecule has 4 aliphatic carbocycles. The average Bonchev–Trinajstić information content (AvgIpc) is 3.41. The number of allylic oxidation sites excluding steroid dienone is 3. The zero-order chi connectivity index (χ0) is 28.7. The van der Waals surface area contributed by atoms with E-state index in [2.05, 4.69) is 48.6 Å². The lowest BCUT2D eigenvalue weighted by Gasteiger charge is -2.47. The van der Waals surface area contributed by atoms with Crippen LogP contribution < -0.4 is 5.73 Å². The van der Waals surface area contributed by atoms with Crippen LogP contribution >= 0.6 is 0 Å². The van der Waals surface area contributed by atoms with Crippen LogP contribution in [-0.4, -0.2) is 22.7 Å². The van der Waals surface area contributed by atoms with Gasteiger partial charge >= 0.3 is 5.97 Å². The first-order valence-corrected chi connectivity index (χ1v) is 16.1. The van der Waals surface area contributed by atoms with Crippen LogP contribution in [0.3, 0.4) is 0 Å². The molecule has 0 spiro atoms. The second-order valence-corrected chi connectivity index (χ2v) is 13.1. The lowest BCUT2D eigenvalue weighted by molar-refractivity contribution is -0.141. The van der Waals surface area contributed by atoms with Gasteiger partial charge in [-0.05, 0) is 118 Å². The number of carboxylic acid groups (broad SMARTS) is 1. The van der Waals surface area contributed by atoms with Gasteiger partial charge in [-0.1, -0.05) is 85.4 Å². The number of aromatic hydroxyl groups is 1. The fourth-order valence-corrected chi connectivity index (χ4v) is 8.01. The van der Waals surface area contributed by atoms with Crippen LogP contribution in [0.1, 0.15) is 100 Å². The Labute approximate surface area is 246 Å². The zero-order valence-electron chi connectivity index (χ0n) is 24.7. The van der Waals surface area contributed by atoms with Gasteiger partial charge in [0.05, 0.1) is 5.92 Å². The second kappa shape index (κ2) is 13.9. The summed E-state index contributed by atoms with van der Waals surface area (Å²) in [5, 5.41) is 20.0. The fraction of sp³-hybridized carbons (Fsp3) is 0.541. The summed E-state index contributed by atoms with van der Waals surface area (Å²) in [6.45, 7) is 0.772. The smallest absolute Gasteiger partial charge is 0.307 e. The van der Waals surface area contributed by atoms with Crippen molar-refractivity contribution in [1.82, 2.24) is 0 Å². The van der Waals surface area contributed by atoms with Crippen molar-refractivity contribution in [3.63, 3.8) is 0 Å². The number of carbonyl (C=O) groups is 1. The first kappa shape index (κ1) is 29.6. The molecule has 4 nitrogen and oxygen atoms in total. The Kier molecular flexibility index (Phi) is 10.0. The van der Waals surface area contributed by atoms with E-state index >= 15 is 0 Å². The molecule has 0 aromatic heterocycles. The third-order valence-corrected chi connectivity index (χ3v) is 10.3. The van der Waals surface area contributed by atoms with Gasteiger partial charge in [0.15, 0.2) is 0 Å². The first-order valence-electron chi connectivity index (χ1n) is 16.1. The Morgan fingerprint density at radius 3 is 2.51 bits per heavy atom. The van der Waals surface area contributed by atoms with Crippen LogP contribution in [0.25, 0.3) is 0 Å². The highest BCUT2D eigenvalue weighted by Crippen LogP contribution is 2.50. The largest absolute Gasteiger partial charge is 0.508 e.